The lowest BCUT2D eigenvalue weighted by Crippen LogP contribution is -2.43. The Hall–Kier alpha value is -2.06. The van der Waals surface area contributed by atoms with Crippen LogP contribution in [0.3, 0.4) is 0 Å². The molecule has 1 saturated heterocycles. The molecule has 0 aliphatic carbocycles. The van der Waals surface area contributed by atoms with Crippen LogP contribution < -0.4 is 11.2 Å². The normalized spacial score (nSPS) is 22.5. The number of hydrogen-bond acceptors (Lipinski definition) is 13. The summed E-state index contributed by atoms with van der Waals surface area (Å²) < 4.78 is 21.1. The molecule has 4 rings (SSSR count). The van der Waals surface area contributed by atoms with E-state index < -0.39 is 68.2 Å². The molecule has 15 nitrogen and oxygen atoms in total. The van der Waals surface area contributed by atoms with Gasteiger partial charge in [0.25, 0.3) is 5.56 Å². The van der Waals surface area contributed by atoms with Gasteiger partial charge < -0.3 is 39.0 Å². The molecule has 1 fully saturated rings. The molecule has 6 unspecified atom stereocenters. The minimum absolute atomic E-state index is 0.152. The van der Waals surface area contributed by atoms with Crippen molar-refractivity contribution in [2.45, 2.75) is 37.5 Å². The second-order valence-electron chi connectivity index (χ2n) is 8.48. The van der Waals surface area contributed by atoms with Crippen molar-refractivity contribution in [3.63, 3.8) is 0 Å². The highest BCUT2D eigenvalue weighted by molar-refractivity contribution is 7.60. The van der Waals surface area contributed by atoms with Gasteiger partial charge >= 0.3 is 31.5 Å². The zero-order valence-electron chi connectivity index (χ0n) is 20.5. The Bertz CT molecular complexity index is 1380. The molecular formula is C22H26N3O12P3. The Morgan fingerprint density at radius 1 is 0.925 bits per heavy atom. The summed E-state index contributed by atoms with van der Waals surface area (Å²) in [7, 11) is -8.56. The van der Waals surface area contributed by atoms with Crippen LogP contribution in [0, 0.1) is 0 Å². The molecule has 0 amide bonds. The van der Waals surface area contributed by atoms with Gasteiger partial charge in [0.15, 0.2) is 6.23 Å². The molecule has 3 heterocycles. The maximum Gasteiger partial charge on any atom is 0.344 e. The second-order valence-corrected chi connectivity index (χ2v) is 11.5. The molecular weight excluding hydrogens is 591 g/mol. The van der Waals surface area contributed by atoms with Crippen molar-refractivity contribution in [2.24, 2.45) is 0 Å². The lowest BCUT2D eigenvalue weighted by atomic mass is 10.1. The van der Waals surface area contributed by atoms with E-state index in [0.717, 1.165) is 32.5 Å². The maximum absolute atomic E-state index is 13.2. The summed E-state index contributed by atoms with van der Waals surface area (Å²) in [6.07, 6.45) is -2.48. The minimum atomic E-state index is -2.93. The van der Waals surface area contributed by atoms with Crippen LogP contribution in [0.4, 0.5) is 0 Å². The molecule has 6 N–H and O–H groups in total. The number of rotatable bonds is 12. The molecule has 18 heteroatoms. The van der Waals surface area contributed by atoms with E-state index in [0.29, 0.717) is 12.1 Å². The summed E-state index contributed by atoms with van der Waals surface area (Å²) in [5, 5.41) is 21.0. The van der Waals surface area contributed by atoms with Gasteiger partial charge in [0.1, 0.15) is 18.3 Å². The fourth-order valence-electron chi connectivity index (χ4n) is 3.98. The number of benzene rings is 1. The first-order valence-corrected chi connectivity index (χ1v) is 15.0. The Balaban J connectivity index is 1.45. The van der Waals surface area contributed by atoms with Crippen molar-refractivity contribution in [2.75, 3.05) is 6.61 Å². The quantitative estimate of drug-likeness (QED) is 0.152. The van der Waals surface area contributed by atoms with Crippen LogP contribution in [0.25, 0.3) is 0 Å². The first-order valence-electron chi connectivity index (χ1n) is 11.6. The Labute approximate surface area is 230 Å². The fraction of sp³-hybridized carbons (Fsp3) is 0.318. The molecule has 1 aromatic carbocycles. The molecule has 3 aromatic rings. The van der Waals surface area contributed by atoms with Crippen LogP contribution in [0.1, 0.15) is 23.0 Å². The Kier molecular flexibility index (Phi) is 11.0. The molecule has 0 radical (unpaired) electrons. The minimum Gasteiger partial charge on any atom is -0.387 e. The van der Waals surface area contributed by atoms with Gasteiger partial charge in [0.05, 0.1) is 18.8 Å². The van der Waals surface area contributed by atoms with Crippen LogP contribution >= 0.6 is 25.8 Å². The first-order chi connectivity index (χ1) is 19.1. The van der Waals surface area contributed by atoms with E-state index in [4.69, 9.17) is 19.0 Å². The van der Waals surface area contributed by atoms with Crippen LogP contribution in [0.15, 0.2) is 70.5 Å². The third kappa shape index (κ3) is 8.03. The van der Waals surface area contributed by atoms with Gasteiger partial charge in [-0.3, -0.25) is 18.9 Å². The summed E-state index contributed by atoms with van der Waals surface area (Å²) in [4.78, 5) is 66.5. The van der Waals surface area contributed by atoms with Crippen molar-refractivity contribution in [1.82, 2.24) is 14.1 Å². The SMILES string of the molecule is O=c1ccn(C2OC(COP(O)OP(O)OP(O)O)C(O)C2O)c(=O)n1Cc1cc(Cc2ccccc2)ccn1. The Morgan fingerprint density at radius 2 is 1.68 bits per heavy atom. The van der Waals surface area contributed by atoms with Gasteiger partial charge in [0, 0.05) is 18.5 Å². The molecule has 1 aliphatic rings. The number of nitrogens with zero attached hydrogens (tertiary/aromatic N) is 3. The van der Waals surface area contributed by atoms with Crippen LogP contribution in [-0.4, -0.2) is 68.8 Å². The third-order valence-corrected chi connectivity index (χ3v) is 8.42. The van der Waals surface area contributed by atoms with E-state index in [9.17, 15) is 29.6 Å². The van der Waals surface area contributed by atoms with Crippen molar-refractivity contribution in [3.8, 4) is 0 Å². The van der Waals surface area contributed by atoms with Crippen LogP contribution in [0.2, 0.25) is 0 Å². The van der Waals surface area contributed by atoms with E-state index in [-0.39, 0.29) is 6.54 Å². The summed E-state index contributed by atoms with van der Waals surface area (Å²) in [5.41, 5.74) is 1.05. The molecule has 2 aromatic heterocycles. The summed E-state index contributed by atoms with van der Waals surface area (Å²) >= 11 is 0. The van der Waals surface area contributed by atoms with Crippen molar-refractivity contribution in [1.29, 1.82) is 0 Å². The largest absolute Gasteiger partial charge is 0.387 e. The van der Waals surface area contributed by atoms with Gasteiger partial charge in [-0.15, -0.1) is 0 Å². The summed E-state index contributed by atoms with van der Waals surface area (Å²) in [5.74, 6) is 0. The second kappa shape index (κ2) is 14.2. The molecule has 1 aliphatic heterocycles. The van der Waals surface area contributed by atoms with Crippen LogP contribution in [-0.2, 0) is 30.8 Å². The zero-order valence-corrected chi connectivity index (χ0v) is 23.2. The molecule has 40 heavy (non-hydrogen) atoms. The lowest BCUT2D eigenvalue weighted by molar-refractivity contribution is -0.0530. The number of ether oxygens (including phenoxy) is 1. The predicted molar refractivity (Wildman–Crippen MR) is 141 cm³/mol. The van der Waals surface area contributed by atoms with E-state index in [1.807, 2.05) is 36.4 Å². The highest BCUT2D eigenvalue weighted by Gasteiger charge is 2.45. The van der Waals surface area contributed by atoms with E-state index in [2.05, 4.69) is 13.6 Å². The van der Waals surface area contributed by atoms with Gasteiger partial charge in [-0.05, 0) is 29.7 Å². The van der Waals surface area contributed by atoms with Gasteiger partial charge in [-0.1, -0.05) is 30.3 Å². The van der Waals surface area contributed by atoms with Crippen molar-refractivity contribution < 1.29 is 47.7 Å². The Morgan fingerprint density at radius 3 is 2.40 bits per heavy atom. The standard InChI is InChI=1S/C22H26N3O12P3/c26-18-7-9-24(21-20(28)19(27)17(35-21)13-34-39(32)37-40(33)36-38(30)31)22(29)25(18)12-16-11-15(6-8-23-16)10-14-4-2-1-3-5-14/h1-9,11,17,19-21,27-28,30-33H,10,12-13H2. The van der Waals surface area contributed by atoms with Crippen molar-refractivity contribution in [3.05, 3.63) is 98.6 Å². The van der Waals surface area contributed by atoms with Gasteiger partial charge in [-0.2, -0.15) is 0 Å². The smallest absolute Gasteiger partial charge is 0.344 e. The fourth-order valence-corrected chi connectivity index (χ4v) is 5.81. The molecule has 6 atom stereocenters. The third-order valence-electron chi connectivity index (χ3n) is 5.79. The molecule has 216 valence electrons. The van der Waals surface area contributed by atoms with E-state index in [1.54, 1.807) is 12.3 Å². The number of aliphatic hydroxyl groups is 2. The number of aliphatic hydroxyl groups excluding tert-OH is 2. The van der Waals surface area contributed by atoms with Crippen LogP contribution in [0.5, 0.6) is 0 Å². The maximum atomic E-state index is 13.2. The highest BCUT2D eigenvalue weighted by atomic mass is 31.3. The molecule has 0 spiro atoms. The monoisotopic (exact) mass is 617 g/mol. The summed E-state index contributed by atoms with van der Waals surface area (Å²) in [6.45, 7) is -0.694. The average molecular weight is 617 g/mol. The summed E-state index contributed by atoms with van der Waals surface area (Å²) in [6, 6.07) is 14.5. The number of pyridine rings is 1. The average Bonchev–Trinajstić information content (AvgIpc) is 3.19. The molecule has 0 saturated carbocycles. The number of aromatic nitrogens is 3. The van der Waals surface area contributed by atoms with Gasteiger partial charge in [-0.25, -0.2) is 13.4 Å². The van der Waals surface area contributed by atoms with E-state index in [1.165, 1.54) is 0 Å². The number of hydrogen-bond donors (Lipinski definition) is 6. The zero-order chi connectivity index (χ0) is 28.8. The predicted octanol–water partition coefficient (Wildman–Crippen LogP) is 0.363. The van der Waals surface area contributed by atoms with E-state index >= 15 is 0 Å². The molecule has 0 bridgehead atoms. The van der Waals surface area contributed by atoms with Crippen molar-refractivity contribution >= 4 is 25.8 Å². The topological polar surface area (TPSA) is 215 Å². The van der Waals surface area contributed by atoms with Gasteiger partial charge in [0.2, 0.25) is 0 Å². The first kappa shape index (κ1) is 30.9. The highest BCUT2D eigenvalue weighted by Crippen LogP contribution is 2.55. The lowest BCUT2D eigenvalue weighted by Gasteiger charge is -2.19.